The highest BCUT2D eigenvalue weighted by molar-refractivity contribution is 5.81. The fourth-order valence-corrected chi connectivity index (χ4v) is 0.922. The van der Waals surface area contributed by atoms with Crippen molar-refractivity contribution in [3.8, 4) is 0 Å². The molecule has 4 heteroatoms. The summed E-state index contributed by atoms with van der Waals surface area (Å²) in [5.41, 5.74) is 0.241. The largest absolute Gasteiger partial charge is 0.480 e. The number of carbonyl (C=O) groups excluding carboxylic acids is 1. The molecule has 0 aliphatic heterocycles. The molecule has 0 rings (SSSR count). The number of aliphatic carboxylic acids is 1. The van der Waals surface area contributed by atoms with Crippen LogP contribution in [0.3, 0.4) is 0 Å². The highest BCUT2D eigenvalue weighted by Gasteiger charge is 2.23. The van der Waals surface area contributed by atoms with Crippen molar-refractivity contribution in [2.24, 2.45) is 5.92 Å². The second kappa shape index (κ2) is 4.70. The lowest BCUT2D eigenvalue weighted by Gasteiger charge is -2.14. The van der Waals surface area contributed by atoms with Crippen LogP contribution in [0.2, 0.25) is 0 Å². The first-order valence-corrected chi connectivity index (χ1v) is 3.69. The molecule has 1 unspecified atom stereocenters. The molecule has 0 bridgehead atoms. The Morgan fingerprint density at radius 3 is 2.08 bits per heavy atom. The van der Waals surface area contributed by atoms with Gasteiger partial charge in [-0.2, -0.15) is 0 Å². The van der Waals surface area contributed by atoms with Crippen molar-refractivity contribution < 1.29 is 14.7 Å². The molecular weight excluding hydrogens is 158 g/mol. The zero-order valence-corrected chi connectivity index (χ0v) is 7.42. The van der Waals surface area contributed by atoms with Gasteiger partial charge < -0.3 is 10.4 Å². The second-order valence-corrected chi connectivity index (χ2v) is 2.77. The molecule has 0 aromatic heterocycles. The van der Waals surface area contributed by atoms with Gasteiger partial charge in [-0.05, 0) is 13.0 Å². The van der Waals surface area contributed by atoms with Crippen molar-refractivity contribution in [1.29, 1.82) is 0 Å². The third kappa shape index (κ3) is 2.49. The Morgan fingerprint density at radius 2 is 2.00 bits per heavy atom. The molecular formula is C8H13NO3. The van der Waals surface area contributed by atoms with E-state index in [9.17, 15) is 9.59 Å². The van der Waals surface area contributed by atoms with Gasteiger partial charge in [0, 0.05) is 5.57 Å². The molecule has 0 fully saturated rings. The van der Waals surface area contributed by atoms with Crippen molar-refractivity contribution in [2.45, 2.75) is 19.9 Å². The average Bonchev–Trinajstić information content (AvgIpc) is 1.98. The molecule has 4 nitrogen and oxygen atoms in total. The molecule has 0 spiro atoms. The monoisotopic (exact) mass is 171 g/mol. The Labute approximate surface area is 71.3 Å². The number of carboxylic acid groups (broad SMARTS) is 1. The van der Waals surface area contributed by atoms with E-state index in [1.165, 1.54) is 7.05 Å². The summed E-state index contributed by atoms with van der Waals surface area (Å²) in [5, 5.41) is 11.2. The molecule has 0 aliphatic rings. The van der Waals surface area contributed by atoms with Gasteiger partial charge in [0.25, 0.3) is 0 Å². The van der Waals surface area contributed by atoms with Gasteiger partial charge in [-0.25, -0.2) is 4.79 Å². The second-order valence-electron chi connectivity index (χ2n) is 2.77. The number of carboxylic acids is 1. The Hall–Kier alpha value is -1.12. The molecule has 0 aromatic carbocycles. The highest BCUT2D eigenvalue weighted by Crippen LogP contribution is 2.10. The fraction of sp³-hybridized carbons (Fsp3) is 0.625. The van der Waals surface area contributed by atoms with Gasteiger partial charge in [0.2, 0.25) is 0 Å². The van der Waals surface area contributed by atoms with E-state index in [2.05, 4.69) is 5.32 Å². The fourth-order valence-electron chi connectivity index (χ4n) is 0.922. The Bertz CT molecular complexity index is 216. The molecule has 0 amide bonds. The first-order valence-electron chi connectivity index (χ1n) is 3.69. The molecule has 0 aliphatic carbocycles. The van der Waals surface area contributed by atoms with Crippen LogP contribution in [0.15, 0.2) is 5.57 Å². The Morgan fingerprint density at radius 1 is 1.50 bits per heavy atom. The quantitative estimate of drug-likeness (QED) is 0.587. The number of nitrogens with one attached hydrogen (secondary N) is 1. The van der Waals surface area contributed by atoms with E-state index >= 15 is 0 Å². The van der Waals surface area contributed by atoms with Crippen LogP contribution in [0.4, 0.5) is 0 Å². The number of hydrogen-bond donors (Lipinski definition) is 2. The predicted molar refractivity (Wildman–Crippen MR) is 44.5 cm³/mol. The van der Waals surface area contributed by atoms with Gasteiger partial charge in [-0.3, -0.25) is 4.79 Å². The average molecular weight is 171 g/mol. The van der Waals surface area contributed by atoms with Gasteiger partial charge >= 0.3 is 5.97 Å². The van der Waals surface area contributed by atoms with E-state index < -0.39 is 12.0 Å². The molecule has 1 atom stereocenters. The lowest BCUT2D eigenvalue weighted by molar-refractivity contribution is -0.138. The maximum Gasteiger partial charge on any atom is 0.325 e. The van der Waals surface area contributed by atoms with Crippen LogP contribution in [0.5, 0.6) is 0 Å². The SMILES string of the molecule is CNC(C(=O)O)C(=C=O)C(C)C. The molecule has 0 saturated heterocycles. The van der Waals surface area contributed by atoms with E-state index in [4.69, 9.17) is 5.11 Å². The van der Waals surface area contributed by atoms with E-state index in [0.29, 0.717) is 0 Å². The van der Waals surface area contributed by atoms with Gasteiger partial charge in [0.05, 0.1) is 0 Å². The van der Waals surface area contributed by atoms with E-state index in [1.54, 1.807) is 19.8 Å². The minimum Gasteiger partial charge on any atom is -0.480 e. The predicted octanol–water partition coefficient (Wildman–Crippen LogP) is 0.0730. The summed E-state index contributed by atoms with van der Waals surface area (Å²) in [6.45, 7) is 3.51. The van der Waals surface area contributed by atoms with Crippen LogP contribution >= 0.6 is 0 Å². The first-order chi connectivity index (χ1) is 5.54. The molecule has 0 radical (unpaired) electrons. The normalized spacial score (nSPS) is 12.3. The third-order valence-corrected chi connectivity index (χ3v) is 1.59. The summed E-state index contributed by atoms with van der Waals surface area (Å²) in [4.78, 5) is 21.0. The van der Waals surface area contributed by atoms with Gasteiger partial charge in [-0.15, -0.1) is 0 Å². The van der Waals surface area contributed by atoms with Crippen LogP contribution in [0.1, 0.15) is 13.8 Å². The molecule has 0 saturated carbocycles. The number of rotatable bonds is 4. The lowest BCUT2D eigenvalue weighted by atomic mass is 9.97. The minimum absolute atomic E-state index is 0.101. The number of hydrogen-bond acceptors (Lipinski definition) is 3. The van der Waals surface area contributed by atoms with Gasteiger partial charge in [0.15, 0.2) is 0 Å². The zero-order valence-electron chi connectivity index (χ0n) is 7.42. The first kappa shape index (κ1) is 10.9. The summed E-state index contributed by atoms with van der Waals surface area (Å²) in [5.74, 6) is 0.505. The van der Waals surface area contributed by atoms with E-state index in [0.717, 1.165) is 0 Å². The summed E-state index contributed by atoms with van der Waals surface area (Å²) in [6.07, 6.45) is 0. The standard InChI is InChI=1S/C8H13NO3/c1-5(2)6(4-10)7(9-3)8(11)12/h5,7,9H,1-3H3,(H,11,12). The lowest BCUT2D eigenvalue weighted by Crippen LogP contribution is -2.37. The Kier molecular flexibility index (Phi) is 4.26. The maximum atomic E-state index is 10.6. The van der Waals surface area contributed by atoms with Gasteiger partial charge in [-0.1, -0.05) is 13.8 Å². The molecule has 0 heterocycles. The van der Waals surface area contributed by atoms with Crippen molar-refractivity contribution in [2.75, 3.05) is 7.05 Å². The summed E-state index contributed by atoms with van der Waals surface area (Å²) in [7, 11) is 1.50. The molecule has 12 heavy (non-hydrogen) atoms. The molecule has 2 N–H and O–H groups in total. The van der Waals surface area contributed by atoms with Crippen molar-refractivity contribution in [3.63, 3.8) is 0 Å². The number of carbonyl (C=O) groups is 1. The zero-order chi connectivity index (χ0) is 9.72. The summed E-state index contributed by atoms with van der Waals surface area (Å²) >= 11 is 0. The maximum absolute atomic E-state index is 10.6. The van der Waals surface area contributed by atoms with Crippen LogP contribution in [-0.4, -0.2) is 30.1 Å². The van der Waals surface area contributed by atoms with Gasteiger partial charge in [0.1, 0.15) is 12.0 Å². The van der Waals surface area contributed by atoms with Crippen molar-refractivity contribution in [1.82, 2.24) is 5.32 Å². The highest BCUT2D eigenvalue weighted by atomic mass is 16.4. The van der Waals surface area contributed by atoms with E-state index in [-0.39, 0.29) is 11.5 Å². The Balaban J connectivity index is 4.70. The summed E-state index contributed by atoms with van der Waals surface area (Å²) < 4.78 is 0. The topological polar surface area (TPSA) is 66.4 Å². The van der Waals surface area contributed by atoms with Crippen LogP contribution in [-0.2, 0) is 9.59 Å². The number of likely N-dealkylation sites (N-methyl/N-ethyl adjacent to an activating group) is 1. The minimum atomic E-state index is -1.05. The smallest absolute Gasteiger partial charge is 0.325 e. The molecule has 0 aromatic rings. The molecule has 68 valence electrons. The van der Waals surface area contributed by atoms with Crippen LogP contribution in [0, 0.1) is 5.92 Å². The summed E-state index contributed by atoms with van der Waals surface area (Å²) in [6, 6.07) is -0.914. The van der Waals surface area contributed by atoms with E-state index in [1.807, 2.05) is 0 Å². The van der Waals surface area contributed by atoms with Crippen molar-refractivity contribution in [3.05, 3.63) is 5.57 Å². The van der Waals surface area contributed by atoms with Crippen LogP contribution in [0.25, 0.3) is 0 Å². The van der Waals surface area contributed by atoms with Crippen LogP contribution < -0.4 is 5.32 Å². The third-order valence-electron chi connectivity index (χ3n) is 1.59. The van der Waals surface area contributed by atoms with Crippen molar-refractivity contribution >= 4 is 11.9 Å².